The molecule has 3 aliphatic heterocycles. The first kappa shape index (κ1) is 32.9. The fourth-order valence-electron chi connectivity index (χ4n) is 6.18. The van der Waals surface area contributed by atoms with Crippen molar-refractivity contribution in [1.82, 2.24) is 14.8 Å². The highest BCUT2D eigenvalue weighted by Crippen LogP contribution is 2.52. The number of benzene rings is 2. The van der Waals surface area contributed by atoms with Crippen LogP contribution in [0.5, 0.6) is 23.0 Å². The van der Waals surface area contributed by atoms with Crippen molar-refractivity contribution >= 4 is 28.3 Å². The summed E-state index contributed by atoms with van der Waals surface area (Å²) >= 11 is 1.33. The molecule has 2 fully saturated rings. The molecule has 2 unspecified atom stereocenters. The van der Waals surface area contributed by atoms with Crippen molar-refractivity contribution in [2.24, 2.45) is 0 Å². The van der Waals surface area contributed by atoms with E-state index in [1.54, 1.807) is 7.11 Å². The van der Waals surface area contributed by atoms with Gasteiger partial charge in [0.1, 0.15) is 30.2 Å². The van der Waals surface area contributed by atoms with E-state index in [2.05, 4.69) is 10.3 Å². The Morgan fingerprint density at radius 2 is 1.74 bits per heavy atom. The quantitative estimate of drug-likeness (QED) is 0.173. The summed E-state index contributed by atoms with van der Waals surface area (Å²) in [5.74, 6) is -1.69. The molecule has 47 heavy (non-hydrogen) atoms. The SMILES string of the molecule is COc1ccc(-c2csc(NC(=O)CN3CCN(Cc4c(O)c(OC)c(O)c5c4C(=O)OC4C5O[C@H](CO)[C@@H](O)[C@@H]4O)CC3)n2)cc1. The lowest BCUT2D eigenvalue weighted by Crippen LogP contribution is -2.58. The van der Waals surface area contributed by atoms with Crippen LogP contribution in [0.1, 0.15) is 27.6 Å². The first-order valence-electron chi connectivity index (χ1n) is 15.0. The molecule has 5 atom stereocenters. The van der Waals surface area contributed by atoms with Gasteiger partial charge in [0.05, 0.1) is 38.6 Å². The molecule has 2 aromatic carbocycles. The van der Waals surface area contributed by atoms with Crippen LogP contribution in [0.25, 0.3) is 11.3 Å². The maximum Gasteiger partial charge on any atom is 0.339 e. The number of phenolic OH excluding ortho intramolecular Hbond substituents is 2. The number of rotatable bonds is 9. The zero-order chi connectivity index (χ0) is 33.4. The molecule has 2 saturated heterocycles. The Hall–Kier alpha value is -4.03. The summed E-state index contributed by atoms with van der Waals surface area (Å²) in [4.78, 5) is 34.6. The molecular weight excluding hydrogens is 636 g/mol. The second-order valence-corrected chi connectivity index (χ2v) is 12.4. The second-order valence-electron chi connectivity index (χ2n) is 11.5. The van der Waals surface area contributed by atoms with Gasteiger partial charge in [-0.2, -0.15) is 0 Å². The minimum absolute atomic E-state index is 0.0621. The monoisotopic (exact) mass is 672 g/mol. The van der Waals surface area contributed by atoms with E-state index < -0.39 is 54.6 Å². The molecule has 0 saturated carbocycles. The van der Waals surface area contributed by atoms with Crippen molar-refractivity contribution in [3.8, 4) is 34.3 Å². The van der Waals surface area contributed by atoms with Gasteiger partial charge in [0.25, 0.3) is 0 Å². The number of carbonyl (C=O) groups is 2. The number of methoxy groups -OCH3 is 2. The Balaban J connectivity index is 1.12. The zero-order valence-electron chi connectivity index (χ0n) is 25.7. The number of aromatic hydroxyl groups is 2. The van der Waals surface area contributed by atoms with Crippen LogP contribution in [0.3, 0.4) is 0 Å². The smallest absolute Gasteiger partial charge is 0.339 e. The number of aliphatic hydroxyl groups excluding tert-OH is 3. The zero-order valence-corrected chi connectivity index (χ0v) is 26.5. The second kappa shape index (κ2) is 13.6. The molecule has 6 rings (SSSR count). The summed E-state index contributed by atoms with van der Waals surface area (Å²) in [6.45, 7) is 1.58. The molecular formula is C31H36N4O11S. The number of anilines is 1. The highest BCUT2D eigenvalue weighted by molar-refractivity contribution is 7.14. The summed E-state index contributed by atoms with van der Waals surface area (Å²) in [7, 11) is 2.85. The van der Waals surface area contributed by atoms with Gasteiger partial charge < -0.3 is 49.8 Å². The van der Waals surface area contributed by atoms with Crippen LogP contribution in [-0.2, 0) is 20.8 Å². The highest BCUT2D eigenvalue weighted by atomic mass is 32.1. The number of esters is 1. The number of carbonyl (C=O) groups excluding carboxylic acids is 2. The van der Waals surface area contributed by atoms with E-state index in [-0.39, 0.29) is 41.4 Å². The highest BCUT2D eigenvalue weighted by Gasteiger charge is 2.53. The van der Waals surface area contributed by atoms with Crippen molar-refractivity contribution in [2.45, 2.75) is 37.1 Å². The molecule has 3 aliphatic rings. The van der Waals surface area contributed by atoms with E-state index in [4.69, 9.17) is 18.9 Å². The molecule has 1 aromatic heterocycles. The normalized spacial score (nSPS) is 24.6. The number of hydrogen-bond acceptors (Lipinski definition) is 15. The van der Waals surface area contributed by atoms with Gasteiger partial charge in [0, 0.05) is 54.8 Å². The van der Waals surface area contributed by atoms with Crippen LogP contribution < -0.4 is 14.8 Å². The number of aromatic nitrogens is 1. The lowest BCUT2D eigenvalue weighted by molar-refractivity contribution is -0.235. The fourth-order valence-corrected chi connectivity index (χ4v) is 6.92. The first-order chi connectivity index (χ1) is 22.6. The Morgan fingerprint density at radius 1 is 1.04 bits per heavy atom. The van der Waals surface area contributed by atoms with Crippen LogP contribution in [0.4, 0.5) is 5.13 Å². The van der Waals surface area contributed by atoms with E-state index in [1.807, 2.05) is 39.4 Å². The number of fused-ring (bicyclic) bond motifs is 3. The number of nitrogens with zero attached hydrogens (tertiary/aromatic N) is 3. The van der Waals surface area contributed by atoms with Gasteiger partial charge in [0.2, 0.25) is 11.7 Å². The molecule has 252 valence electrons. The van der Waals surface area contributed by atoms with Crippen LogP contribution in [0.15, 0.2) is 29.6 Å². The van der Waals surface area contributed by atoms with Crippen molar-refractivity contribution < 1.29 is 54.1 Å². The largest absolute Gasteiger partial charge is 0.504 e. The average Bonchev–Trinajstić information content (AvgIpc) is 3.54. The van der Waals surface area contributed by atoms with E-state index in [0.717, 1.165) is 17.0 Å². The summed E-state index contributed by atoms with van der Waals surface area (Å²) in [5, 5.41) is 58.0. The molecule has 16 heteroatoms. The fraction of sp³-hybridized carbons (Fsp3) is 0.452. The van der Waals surface area contributed by atoms with Crippen LogP contribution in [0, 0.1) is 0 Å². The third-order valence-electron chi connectivity index (χ3n) is 8.70. The number of piperazine rings is 1. The Kier molecular flexibility index (Phi) is 9.52. The summed E-state index contributed by atoms with van der Waals surface area (Å²) < 4.78 is 21.7. The number of hydrogen-bond donors (Lipinski definition) is 6. The van der Waals surface area contributed by atoms with Gasteiger partial charge in [-0.15, -0.1) is 11.3 Å². The van der Waals surface area contributed by atoms with Crippen LogP contribution >= 0.6 is 11.3 Å². The maximum atomic E-state index is 13.3. The summed E-state index contributed by atoms with van der Waals surface area (Å²) in [6, 6.07) is 7.48. The number of phenols is 2. The predicted molar refractivity (Wildman–Crippen MR) is 167 cm³/mol. The number of aliphatic hydroxyl groups is 3. The summed E-state index contributed by atoms with van der Waals surface area (Å²) in [5.41, 5.74) is 1.58. The van der Waals surface area contributed by atoms with Crippen molar-refractivity contribution in [1.29, 1.82) is 0 Å². The molecule has 15 nitrogen and oxygen atoms in total. The van der Waals surface area contributed by atoms with Crippen molar-refractivity contribution in [2.75, 3.05) is 58.9 Å². The molecule has 0 radical (unpaired) electrons. The molecule has 1 amide bonds. The van der Waals surface area contributed by atoms with E-state index >= 15 is 0 Å². The van der Waals surface area contributed by atoms with E-state index in [0.29, 0.717) is 31.3 Å². The first-order valence-corrected chi connectivity index (χ1v) is 15.8. The van der Waals surface area contributed by atoms with Gasteiger partial charge in [-0.25, -0.2) is 9.78 Å². The van der Waals surface area contributed by atoms with Gasteiger partial charge in [-0.1, -0.05) is 0 Å². The van der Waals surface area contributed by atoms with Crippen molar-refractivity contribution in [3.63, 3.8) is 0 Å². The lowest BCUT2D eigenvalue weighted by Gasteiger charge is -2.45. The number of thiazole rings is 1. The maximum absolute atomic E-state index is 13.3. The minimum Gasteiger partial charge on any atom is -0.504 e. The number of amides is 1. The van der Waals surface area contributed by atoms with Crippen LogP contribution in [-0.4, -0.2) is 130 Å². The predicted octanol–water partition coefficient (Wildman–Crippen LogP) is 0.688. The summed E-state index contributed by atoms with van der Waals surface area (Å²) in [6.07, 6.45) is -6.95. The number of nitrogens with one attached hydrogen (secondary N) is 1. The lowest BCUT2D eigenvalue weighted by atomic mass is 9.84. The van der Waals surface area contributed by atoms with Gasteiger partial charge in [-0.3, -0.25) is 14.6 Å². The van der Waals surface area contributed by atoms with E-state index in [9.17, 15) is 35.1 Å². The molecule has 0 bridgehead atoms. The third kappa shape index (κ3) is 6.32. The molecule has 0 aliphatic carbocycles. The van der Waals surface area contributed by atoms with Gasteiger partial charge in [0.15, 0.2) is 22.7 Å². The molecule has 3 aromatic rings. The average molecular weight is 673 g/mol. The standard InChI is InChI=1S/C31H36N4O11S/c1-43-16-5-3-15(4-6-16)18-14-47-31(32-18)33-20(37)12-35-9-7-34(8-10-35)11-17-21-22(25(40)28(44-2)23(17)38)27-29(46-30(21)42)26(41)24(39)19(13-36)45-27/h3-6,14,19,24,26-27,29,36,38-41H,7-13H2,1-2H3,(H,32,33,37)/t19-,24-,26+,27?,29?/m1/s1. The Bertz CT molecular complexity index is 1630. The molecule has 6 N–H and O–H groups in total. The Morgan fingerprint density at radius 3 is 2.40 bits per heavy atom. The topological polar surface area (TPSA) is 204 Å². The minimum atomic E-state index is -1.60. The van der Waals surface area contributed by atoms with Crippen LogP contribution in [0.2, 0.25) is 0 Å². The molecule has 0 spiro atoms. The van der Waals surface area contributed by atoms with Crippen molar-refractivity contribution in [3.05, 3.63) is 46.3 Å². The van der Waals surface area contributed by atoms with Gasteiger partial charge in [-0.05, 0) is 24.3 Å². The molecule has 4 heterocycles. The Labute approximate surface area is 273 Å². The third-order valence-corrected chi connectivity index (χ3v) is 9.45. The number of ether oxygens (including phenoxy) is 4. The van der Waals surface area contributed by atoms with Gasteiger partial charge >= 0.3 is 5.97 Å². The van der Waals surface area contributed by atoms with E-state index in [1.165, 1.54) is 18.4 Å².